The molecule has 142 valence electrons. The van der Waals surface area contributed by atoms with E-state index in [1.165, 1.54) is 13.2 Å². The first kappa shape index (κ1) is 19.4. The van der Waals surface area contributed by atoms with Gasteiger partial charge in [0.25, 0.3) is 0 Å². The molecule has 1 aliphatic rings. The van der Waals surface area contributed by atoms with E-state index in [0.29, 0.717) is 28.8 Å². The molecule has 2 aromatic rings. The number of allylic oxidation sites excluding steroid dienone is 2. The zero-order chi connectivity index (χ0) is 19.2. The fourth-order valence-corrected chi connectivity index (χ4v) is 3.25. The number of pyridine rings is 1. The molecule has 1 aromatic heterocycles. The summed E-state index contributed by atoms with van der Waals surface area (Å²) in [6.07, 6.45) is 5.17. The Morgan fingerprint density at radius 1 is 1.33 bits per heavy atom. The van der Waals surface area contributed by atoms with Gasteiger partial charge in [0.05, 0.1) is 12.8 Å². The molecule has 27 heavy (non-hydrogen) atoms. The Morgan fingerprint density at radius 2 is 2.19 bits per heavy atom. The molecule has 0 spiro atoms. The van der Waals surface area contributed by atoms with Crippen molar-refractivity contribution in [2.24, 2.45) is 5.92 Å². The molecule has 0 fully saturated rings. The zero-order valence-corrected chi connectivity index (χ0v) is 15.8. The van der Waals surface area contributed by atoms with E-state index in [-0.39, 0.29) is 12.6 Å². The fourth-order valence-electron chi connectivity index (χ4n) is 3.09. The van der Waals surface area contributed by atoms with Crippen molar-refractivity contribution >= 4 is 23.1 Å². The van der Waals surface area contributed by atoms with Crippen LogP contribution in [0.4, 0.5) is 4.39 Å². The Morgan fingerprint density at radius 3 is 2.89 bits per heavy atom. The molecule has 1 aromatic carbocycles. The smallest absolute Gasteiger partial charge is 0.305 e. The Labute approximate surface area is 163 Å². The maximum atomic E-state index is 13.8. The van der Waals surface area contributed by atoms with Crippen molar-refractivity contribution in [2.45, 2.75) is 32.3 Å². The molecule has 1 heterocycles. The largest absolute Gasteiger partial charge is 0.473 e. The molecule has 0 aliphatic heterocycles. The highest BCUT2D eigenvalue weighted by Crippen LogP contribution is 2.32. The lowest BCUT2D eigenvalue weighted by Crippen LogP contribution is -2.12. The number of carbonyl (C=O) groups is 1. The summed E-state index contributed by atoms with van der Waals surface area (Å²) in [6, 6.07) is 10.1. The van der Waals surface area contributed by atoms with Crippen molar-refractivity contribution in [1.29, 1.82) is 0 Å². The van der Waals surface area contributed by atoms with E-state index in [0.717, 1.165) is 30.5 Å². The van der Waals surface area contributed by atoms with Crippen LogP contribution in [-0.2, 0) is 16.1 Å². The number of hydrogen-bond acceptors (Lipinski definition) is 4. The van der Waals surface area contributed by atoms with Gasteiger partial charge in [0.1, 0.15) is 12.4 Å². The van der Waals surface area contributed by atoms with Crippen molar-refractivity contribution < 1.29 is 18.7 Å². The molecule has 1 atom stereocenters. The quantitative estimate of drug-likeness (QED) is 0.637. The molecule has 0 radical (unpaired) electrons. The van der Waals surface area contributed by atoms with Gasteiger partial charge < -0.3 is 9.47 Å². The number of nitrogens with zero attached hydrogens (tertiary/aromatic N) is 1. The van der Waals surface area contributed by atoms with E-state index >= 15 is 0 Å². The Bertz CT molecular complexity index is 853. The van der Waals surface area contributed by atoms with Crippen molar-refractivity contribution in [2.75, 3.05) is 7.11 Å². The van der Waals surface area contributed by atoms with Crippen LogP contribution in [0.15, 0.2) is 42.5 Å². The minimum atomic E-state index is -0.398. The Balaban J connectivity index is 1.63. The van der Waals surface area contributed by atoms with Crippen LogP contribution in [0.25, 0.3) is 5.57 Å². The third kappa shape index (κ3) is 5.30. The molecule has 0 amide bonds. The van der Waals surface area contributed by atoms with Gasteiger partial charge in [0.15, 0.2) is 0 Å². The second-order valence-electron chi connectivity index (χ2n) is 6.54. The van der Waals surface area contributed by atoms with E-state index in [1.54, 1.807) is 18.2 Å². The first-order valence-corrected chi connectivity index (χ1v) is 9.23. The van der Waals surface area contributed by atoms with Gasteiger partial charge in [0, 0.05) is 23.1 Å². The zero-order valence-electron chi connectivity index (χ0n) is 15.1. The van der Waals surface area contributed by atoms with Gasteiger partial charge in [-0.3, -0.25) is 4.79 Å². The molecule has 0 saturated heterocycles. The topological polar surface area (TPSA) is 48.4 Å². The summed E-state index contributed by atoms with van der Waals surface area (Å²) in [5, 5.41) is 0.353. The van der Waals surface area contributed by atoms with Crippen molar-refractivity contribution in [1.82, 2.24) is 4.98 Å². The van der Waals surface area contributed by atoms with E-state index in [2.05, 4.69) is 11.1 Å². The molecule has 1 unspecified atom stereocenters. The molecule has 0 saturated carbocycles. The number of halogens is 2. The number of carbonyl (C=O) groups excluding carboxylic acids is 1. The van der Waals surface area contributed by atoms with Gasteiger partial charge in [-0.1, -0.05) is 29.8 Å². The summed E-state index contributed by atoms with van der Waals surface area (Å²) in [5.74, 6) is 0.193. The molecule has 1 aliphatic carbocycles. The molecule has 4 nitrogen and oxygen atoms in total. The van der Waals surface area contributed by atoms with Gasteiger partial charge in [-0.25, -0.2) is 9.37 Å². The second kappa shape index (κ2) is 9.00. The lowest BCUT2D eigenvalue weighted by Gasteiger charge is -2.21. The first-order valence-electron chi connectivity index (χ1n) is 8.85. The SMILES string of the molecule is COC(=O)CC1CC=C(c2cccc(OCc3ccc(Cl)cc3F)n2)CC1. The van der Waals surface area contributed by atoms with E-state index < -0.39 is 5.82 Å². The Kier molecular flexibility index (Phi) is 6.45. The maximum absolute atomic E-state index is 13.8. The predicted octanol–water partition coefficient (Wildman–Crippen LogP) is 5.20. The maximum Gasteiger partial charge on any atom is 0.305 e. The van der Waals surface area contributed by atoms with Crippen LogP contribution in [0.1, 0.15) is 36.9 Å². The number of benzene rings is 1. The predicted molar refractivity (Wildman–Crippen MR) is 102 cm³/mol. The Hall–Kier alpha value is -2.40. The molecular formula is C21H21ClFNO3. The summed E-state index contributed by atoms with van der Waals surface area (Å²) >= 11 is 5.76. The molecule has 0 bridgehead atoms. The summed E-state index contributed by atoms with van der Waals surface area (Å²) in [6.45, 7) is 0.0830. The summed E-state index contributed by atoms with van der Waals surface area (Å²) in [5.41, 5.74) is 2.41. The second-order valence-corrected chi connectivity index (χ2v) is 6.97. The number of hydrogen-bond donors (Lipinski definition) is 0. The van der Waals surface area contributed by atoms with E-state index in [9.17, 15) is 9.18 Å². The highest BCUT2D eigenvalue weighted by molar-refractivity contribution is 6.30. The van der Waals surface area contributed by atoms with Crippen LogP contribution in [0, 0.1) is 11.7 Å². The van der Waals surface area contributed by atoms with Gasteiger partial charge in [-0.2, -0.15) is 0 Å². The van der Waals surface area contributed by atoms with Crippen molar-refractivity contribution in [3.63, 3.8) is 0 Å². The van der Waals surface area contributed by atoms with Gasteiger partial charge in [-0.15, -0.1) is 0 Å². The lowest BCUT2D eigenvalue weighted by molar-refractivity contribution is -0.141. The highest BCUT2D eigenvalue weighted by atomic mass is 35.5. The van der Waals surface area contributed by atoms with Crippen molar-refractivity contribution in [3.05, 3.63) is 64.6 Å². The number of ether oxygens (including phenoxy) is 2. The van der Waals surface area contributed by atoms with Gasteiger partial charge >= 0.3 is 5.97 Å². The normalized spacial score (nSPS) is 16.6. The molecular weight excluding hydrogens is 369 g/mol. The third-order valence-electron chi connectivity index (χ3n) is 4.65. The minimum absolute atomic E-state index is 0.0830. The number of esters is 1. The van der Waals surface area contributed by atoms with Crippen LogP contribution >= 0.6 is 11.6 Å². The van der Waals surface area contributed by atoms with Crippen LogP contribution in [0.2, 0.25) is 5.02 Å². The van der Waals surface area contributed by atoms with Crippen LogP contribution in [-0.4, -0.2) is 18.1 Å². The molecule has 3 rings (SSSR count). The average molecular weight is 390 g/mol. The summed E-state index contributed by atoms with van der Waals surface area (Å²) in [7, 11) is 1.41. The van der Waals surface area contributed by atoms with Gasteiger partial charge in [0.2, 0.25) is 5.88 Å². The van der Waals surface area contributed by atoms with Crippen LogP contribution < -0.4 is 4.74 Å². The van der Waals surface area contributed by atoms with Crippen LogP contribution in [0.5, 0.6) is 5.88 Å². The number of rotatable bonds is 6. The third-order valence-corrected chi connectivity index (χ3v) is 4.88. The highest BCUT2D eigenvalue weighted by Gasteiger charge is 2.19. The summed E-state index contributed by atoms with van der Waals surface area (Å²) < 4.78 is 24.2. The number of aromatic nitrogens is 1. The van der Waals surface area contributed by atoms with Crippen molar-refractivity contribution in [3.8, 4) is 5.88 Å². The molecule has 0 N–H and O–H groups in total. The minimum Gasteiger partial charge on any atom is -0.473 e. The van der Waals surface area contributed by atoms with Gasteiger partial charge in [-0.05, 0) is 49.0 Å². The summed E-state index contributed by atoms with van der Waals surface area (Å²) in [4.78, 5) is 15.9. The van der Waals surface area contributed by atoms with Crippen LogP contribution in [0.3, 0.4) is 0 Å². The van der Waals surface area contributed by atoms with E-state index in [1.807, 2.05) is 12.1 Å². The first-order chi connectivity index (χ1) is 13.0. The fraction of sp³-hybridized carbons (Fsp3) is 0.333. The monoisotopic (exact) mass is 389 g/mol. The van der Waals surface area contributed by atoms with E-state index in [4.69, 9.17) is 21.1 Å². The standard InChI is InChI=1S/C21H21ClFNO3/c1-26-21(25)11-14-5-7-15(8-6-14)19-3-2-4-20(24-19)27-13-16-9-10-17(22)12-18(16)23/h2-4,7,9-10,12,14H,5-6,8,11,13H2,1H3. The number of methoxy groups -OCH3 is 1. The average Bonchev–Trinajstić information content (AvgIpc) is 2.68. The lowest BCUT2D eigenvalue weighted by atomic mass is 9.86. The molecule has 6 heteroatoms.